The van der Waals surface area contributed by atoms with Gasteiger partial charge in [0.05, 0.1) is 11.3 Å². The van der Waals surface area contributed by atoms with Gasteiger partial charge in [-0.2, -0.15) is 0 Å². The maximum absolute atomic E-state index is 12.3. The number of carbonyl (C=O) groups is 1. The maximum atomic E-state index is 12.3. The van der Waals surface area contributed by atoms with Crippen LogP contribution in [0.2, 0.25) is 0 Å². The average Bonchev–Trinajstić information content (AvgIpc) is 2.64. The summed E-state index contributed by atoms with van der Waals surface area (Å²) in [6, 6.07) is 12.6. The van der Waals surface area contributed by atoms with E-state index in [9.17, 15) is 4.79 Å². The molecule has 0 unspecified atom stereocenters. The van der Waals surface area contributed by atoms with E-state index in [0.717, 1.165) is 12.1 Å². The number of hydrogen-bond donors (Lipinski definition) is 2. The zero-order valence-corrected chi connectivity index (χ0v) is 14.0. The van der Waals surface area contributed by atoms with Gasteiger partial charge in [-0.25, -0.2) is 0 Å². The molecule has 1 heterocycles. The van der Waals surface area contributed by atoms with E-state index < -0.39 is 0 Å². The lowest BCUT2D eigenvalue weighted by Gasteiger charge is -2.23. The van der Waals surface area contributed by atoms with Gasteiger partial charge in [0, 0.05) is 25.0 Å². The molecule has 0 bridgehead atoms. The third-order valence-electron chi connectivity index (χ3n) is 4.52. The molecule has 24 heavy (non-hydrogen) atoms. The number of anilines is 1. The predicted octanol–water partition coefficient (Wildman–Crippen LogP) is 3.80. The Labute approximate surface area is 143 Å². The Kier molecular flexibility index (Phi) is 5.83. The molecule has 1 fully saturated rings. The summed E-state index contributed by atoms with van der Waals surface area (Å²) in [5.41, 5.74) is 2.78. The number of carbonyl (C=O) groups excluding carboxylic acids is 1. The molecule has 2 aromatic rings. The summed E-state index contributed by atoms with van der Waals surface area (Å²) in [7, 11) is 0. The SMILES string of the molecule is O=C(NCCc1ccccc1)c1cncc(NC2CCCCC2)c1. The summed E-state index contributed by atoms with van der Waals surface area (Å²) in [6.07, 6.45) is 10.6. The molecule has 126 valence electrons. The summed E-state index contributed by atoms with van der Waals surface area (Å²) >= 11 is 0. The van der Waals surface area contributed by atoms with Crippen molar-refractivity contribution in [3.05, 3.63) is 59.9 Å². The molecule has 0 radical (unpaired) electrons. The Morgan fingerprint density at radius 1 is 1.08 bits per heavy atom. The fourth-order valence-corrected chi connectivity index (χ4v) is 3.19. The van der Waals surface area contributed by atoms with Crippen LogP contribution in [0.5, 0.6) is 0 Å². The summed E-state index contributed by atoms with van der Waals surface area (Å²) in [6.45, 7) is 0.628. The van der Waals surface area contributed by atoms with Gasteiger partial charge in [0.15, 0.2) is 0 Å². The second kappa shape index (κ2) is 8.48. The highest BCUT2D eigenvalue weighted by Crippen LogP contribution is 2.21. The van der Waals surface area contributed by atoms with Crippen LogP contribution in [0.15, 0.2) is 48.8 Å². The lowest BCUT2D eigenvalue weighted by Crippen LogP contribution is -2.26. The Morgan fingerprint density at radius 3 is 2.67 bits per heavy atom. The summed E-state index contributed by atoms with van der Waals surface area (Å²) in [5.74, 6) is -0.0641. The van der Waals surface area contributed by atoms with Crippen molar-refractivity contribution in [2.45, 2.75) is 44.6 Å². The van der Waals surface area contributed by atoms with Crippen LogP contribution in [0.25, 0.3) is 0 Å². The number of nitrogens with one attached hydrogen (secondary N) is 2. The first-order valence-electron chi connectivity index (χ1n) is 8.85. The maximum Gasteiger partial charge on any atom is 0.252 e. The standard InChI is InChI=1S/C20H25N3O/c24-20(22-12-11-16-7-3-1-4-8-16)17-13-19(15-21-14-17)23-18-9-5-2-6-10-18/h1,3-4,7-8,13-15,18,23H,2,5-6,9-12H2,(H,22,24). The monoisotopic (exact) mass is 323 g/mol. The largest absolute Gasteiger partial charge is 0.381 e. The van der Waals surface area contributed by atoms with Crippen molar-refractivity contribution in [2.24, 2.45) is 0 Å². The van der Waals surface area contributed by atoms with Crippen LogP contribution in [0, 0.1) is 0 Å². The number of nitrogens with zero attached hydrogens (tertiary/aromatic N) is 1. The Bertz CT molecular complexity index is 651. The molecular weight excluding hydrogens is 298 g/mol. The van der Waals surface area contributed by atoms with Crippen molar-refractivity contribution in [1.29, 1.82) is 0 Å². The van der Waals surface area contributed by atoms with Gasteiger partial charge in [0.2, 0.25) is 0 Å². The third-order valence-corrected chi connectivity index (χ3v) is 4.52. The predicted molar refractivity (Wildman–Crippen MR) is 97.2 cm³/mol. The normalized spacial score (nSPS) is 15.0. The highest BCUT2D eigenvalue weighted by molar-refractivity contribution is 5.94. The van der Waals surface area contributed by atoms with Gasteiger partial charge < -0.3 is 10.6 Å². The molecule has 1 aliphatic carbocycles. The van der Waals surface area contributed by atoms with Gasteiger partial charge in [-0.05, 0) is 30.9 Å². The fraction of sp³-hybridized carbons (Fsp3) is 0.400. The van der Waals surface area contributed by atoms with Crippen LogP contribution >= 0.6 is 0 Å². The van der Waals surface area contributed by atoms with E-state index in [1.165, 1.54) is 37.7 Å². The minimum absolute atomic E-state index is 0.0641. The number of hydrogen-bond acceptors (Lipinski definition) is 3. The van der Waals surface area contributed by atoms with E-state index in [2.05, 4.69) is 27.8 Å². The number of pyridine rings is 1. The van der Waals surface area contributed by atoms with Crippen LogP contribution in [0.1, 0.15) is 48.0 Å². The van der Waals surface area contributed by atoms with Gasteiger partial charge in [-0.3, -0.25) is 9.78 Å². The minimum atomic E-state index is -0.0641. The smallest absolute Gasteiger partial charge is 0.252 e. The molecule has 1 amide bonds. The van der Waals surface area contributed by atoms with Crippen LogP contribution < -0.4 is 10.6 Å². The molecule has 0 spiro atoms. The number of benzene rings is 1. The average molecular weight is 323 g/mol. The Hall–Kier alpha value is -2.36. The first kappa shape index (κ1) is 16.5. The van der Waals surface area contributed by atoms with Crippen molar-refractivity contribution >= 4 is 11.6 Å². The highest BCUT2D eigenvalue weighted by atomic mass is 16.1. The topological polar surface area (TPSA) is 54.0 Å². The first-order valence-corrected chi connectivity index (χ1v) is 8.85. The van der Waals surface area contributed by atoms with Crippen LogP contribution in [-0.4, -0.2) is 23.5 Å². The van der Waals surface area contributed by atoms with Crippen LogP contribution in [0.4, 0.5) is 5.69 Å². The second-order valence-electron chi connectivity index (χ2n) is 6.43. The van der Waals surface area contributed by atoms with E-state index in [0.29, 0.717) is 18.2 Å². The zero-order valence-electron chi connectivity index (χ0n) is 14.0. The second-order valence-corrected chi connectivity index (χ2v) is 6.43. The van der Waals surface area contributed by atoms with Crippen LogP contribution in [0.3, 0.4) is 0 Å². The van der Waals surface area contributed by atoms with E-state index in [-0.39, 0.29) is 5.91 Å². The Balaban J connectivity index is 1.51. The van der Waals surface area contributed by atoms with Crippen molar-refractivity contribution in [3.8, 4) is 0 Å². The molecule has 3 rings (SSSR count). The van der Waals surface area contributed by atoms with Gasteiger partial charge in [-0.15, -0.1) is 0 Å². The van der Waals surface area contributed by atoms with E-state index >= 15 is 0 Å². The van der Waals surface area contributed by atoms with Crippen LogP contribution in [-0.2, 0) is 6.42 Å². The molecule has 0 saturated heterocycles. The quantitative estimate of drug-likeness (QED) is 0.850. The third kappa shape index (κ3) is 4.82. The minimum Gasteiger partial charge on any atom is -0.381 e. The van der Waals surface area contributed by atoms with Crippen molar-refractivity contribution in [3.63, 3.8) is 0 Å². The molecule has 1 aromatic heterocycles. The summed E-state index contributed by atoms with van der Waals surface area (Å²) in [5, 5.41) is 6.49. The van der Waals surface area contributed by atoms with E-state index in [1.54, 1.807) is 12.4 Å². The molecular formula is C20H25N3O. The lowest BCUT2D eigenvalue weighted by molar-refractivity contribution is 0.0954. The molecule has 1 saturated carbocycles. The molecule has 4 heteroatoms. The van der Waals surface area contributed by atoms with Gasteiger partial charge in [0.1, 0.15) is 0 Å². The van der Waals surface area contributed by atoms with E-state index in [1.807, 2.05) is 24.3 Å². The van der Waals surface area contributed by atoms with Crippen molar-refractivity contribution in [2.75, 3.05) is 11.9 Å². The summed E-state index contributed by atoms with van der Waals surface area (Å²) in [4.78, 5) is 16.5. The van der Waals surface area contributed by atoms with Crippen molar-refractivity contribution in [1.82, 2.24) is 10.3 Å². The number of rotatable bonds is 6. The Morgan fingerprint density at radius 2 is 1.88 bits per heavy atom. The highest BCUT2D eigenvalue weighted by Gasteiger charge is 2.14. The molecule has 1 aliphatic rings. The fourth-order valence-electron chi connectivity index (χ4n) is 3.19. The number of aromatic nitrogens is 1. The van der Waals surface area contributed by atoms with Gasteiger partial charge in [0.25, 0.3) is 5.91 Å². The van der Waals surface area contributed by atoms with Gasteiger partial charge in [-0.1, -0.05) is 49.6 Å². The molecule has 0 atom stereocenters. The van der Waals surface area contributed by atoms with E-state index in [4.69, 9.17) is 0 Å². The molecule has 0 aliphatic heterocycles. The molecule has 2 N–H and O–H groups in total. The molecule has 1 aromatic carbocycles. The molecule has 4 nitrogen and oxygen atoms in total. The number of amides is 1. The lowest BCUT2D eigenvalue weighted by atomic mass is 9.95. The summed E-state index contributed by atoms with van der Waals surface area (Å²) < 4.78 is 0. The zero-order chi connectivity index (χ0) is 16.6. The first-order chi connectivity index (χ1) is 11.8. The van der Waals surface area contributed by atoms with Crippen molar-refractivity contribution < 1.29 is 4.79 Å². The van der Waals surface area contributed by atoms with Gasteiger partial charge >= 0.3 is 0 Å².